The van der Waals surface area contributed by atoms with Crippen LogP contribution in [0.3, 0.4) is 0 Å². The lowest BCUT2D eigenvalue weighted by Gasteiger charge is -2.37. The van der Waals surface area contributed by atoms with Crippen molar-refractivity contribution in [2.24, 2.45) is 0 Å². The highest BCUT2D eigenvalue weighted by Gasteiger charge is 2.25. The lowest BCUT2D eigenvalue weighted by Crippen LogP contribution is -2.45. The van der Waals surface area contributed by atoms with Crippen LogP contribution < -0.4 is 15.0 Å². The fraction of sp³-hybridized carbons (Fsp3) is 0.435. The maximum absolute atomic E-state index is 12.7. The molecule has 2 aromatic carbocycles. The highest BCUT2D eigenvalue weighted by molar-refractivity contribution is 5.94. The Morgan fingerprint density at radius 1 is 1.07 bits per heavy atom. The van der Waals surface area contributed by atoms with Crippen LogP contribution in [0, 0.1) is 0 Å². The maximum atomic E-state index is 12.7. The zero-order valence-electron chi connectivity index (χ0n) is 16.8. The molecule has 2 aromatic rings. The average molecular weight is 380 g/mol. The molecule has 28 heavy (non-hydrogen) atoms. The van der Waals surface area contributed by atoms with Gasteiger partial charge in [0, 0.05) is 43.5 Å². The number of carbonyl (C=O) groups is 1. The molecule has 1 saturated heterocycles. The number of fused-ring (bicyclic) bond motifs is 1. The van der Waals surface area contributed by atoms with E-state index in [2.05, 4.69) is 40.4 Å². The molecular weight excluding hydrogens is 350 g/mol. The van der Waals surface area contributed by atoms with Gasteiger partial charge in [0.1, 0.15) is 5.75 Å². The minimum absolute atomic E-state index is 0.00631. The predicted molar refractivity (Wildman–Crippen MR) is 112 cm³/mol. The SMILES string of the molecule is COc1ccc(C(=O)NC2CCc3cccc(N4CCN(C)CC4)c3C2)cc1. The first-order chi connectivity index (χ1) is 13.6. The molecule has 1 atom stereocenters. The van der Waals surface area contributed by atoms with E-state index < -0.39 is 0 Å². The first-order valence-electron chi connectivity index (χ1n) is 10.1. The number of hydrogen-bond donors (Lipinski definition) is 1. The van der Waals surface area contributed by atoms with Crippen molar-refractivity contribution in [2.45, 2.75) is 25.3 Å². The summed E-state index contributed by atoms with van der Waals surface area (Å²) in [6, 6.07) is 14.2. The molecule has 148 valence electrons. The summed E-state index contributed by atoms with van der Waals surface area (Å²) >= 11 is 0. The molecule has 4 rings (SSSR count). The summed E-state index contributed by atoms with van der Waals surface area (Å²) in [6.07, 6.45) is 2.91. The van der Waals surface area contributed by atoms with Crippen LogP contribution in [-0.2, 0) is 12.8 Å². The number of likely N-dealkylation sites (N-methyl/N-ethyl adjacent to an activating group) is 1. The minimum atomic E-state index is -0.00631. The molecule has 1 N–H and O–H groups in total. The summed E-state index contributed by atoms with van der Waals surface area (Å²) in [5.41, 5.74) is 4.89. The number of methoxy groups -OCH3 is 1. The fourth-order valence-electron chi connectivity index (χ4n) is 4.25. The third-order valence-electron chi connectivity index (χ3n) is 5.99. The van der Waals surface area contributed by atoms with Gasteiger partial charge >= 0.3 is 0 Å². The van der Waals surface area contributed by atoms with Gasteiger partial charge < -0.3 is 19.9 Å². The molecule has 1 aliphatic heterocycles. The Morgan fingerprint density at radius 3 is 2.54 bits per heavy atom. The van der Waals surface area contributed by atoms with E-state index in [0.29, 0.717) is 5.56 Å². The van der Waals surface area contributed by atoms with Gasteiger partial charge in [0.25, 0.3) is 5.91 Å². The van der Waals surface area contributed by atoms with Crippen molar-refractivity contribution in [1.82, 2.24) is 10.2 Å². The number of nitrogens with one attached hydrogen (secondary N) is 1. The minimum Gasteiger partial charge on any atom is -0.497 e. The molecule has 5 nitrogen and oxygen atoms in total. The number of nitrogens with zero attached hydrogens (tertiary/aromatic N) is 2. The van der Waals surface area contributed by atoms with Gasteiger partial charge in [-0.1, -0.05) is 12.1 Å². The Morgan fingerprint density at radius 2 is 1.82 bits per heavy atom. The van der Waals surface area contributed by atoms with Crippen LogP contribution in [0.15, 0.2) is 42.5 Å². The Hall–Kier alpha value is -2.53. The molecule has 0 bridgehead atoms. The van der Waals surface area contributed by atoms with Crippen molar-refractivity contribution >= 4 is 11.6 Å². The maximum Gasteiger partial charge on any atom is 0.251 e. The van der Waals surface area contributed by atoms with Crippen LogP contribution in [0.1, 0.15) is 27.9 Å². The van der Waals surface area contributed by atoms with E-state index in [-0.39, 0.29) is 11.9 Å². The van der Waals surface area contributed by atoms with Gasteiger partial charge in [-0.05, 0) is 67.8 Å². The monoisotopic (exact) mass is 379 g/mol. The molecule has 1 aliphatic carbocycles. The third kappa shape index (κ3) is 3.99. The van der Waals surface area contributed by atoms with Gasteiger partial charge in [0.05, 0.1) is 7.11 Å². The summed E-state index contributed by atoms with van der Waals surface area (Å²) in [5.74, 6) is 0.758. The Kier molecular flexibility index (Phi) is 5.53. The zero-order chi connectivity index (χ0) is 19.5. The van der Waals surface area contributed by atoms with Crippen molar-refractivity contribution in [3.63, 3.8) is 0 Å². The number of benzene rings is 2. The van der Waals surface area contributed by atoms with Gasteiger partial charge in [-0.2, -0.15) is 0 Å². The summed E-state index contributed by atoms with van der Waals surface area (Å²) in [6.45, 7) is 4.33. The molecule has 0 saturated carbocycles. The first kappa shape index (κ1) is 18.8. The first-order valence-corrected chi connectivity index (χ1v) is 10.1. The molecule has 1 fully saturated rings. The van der Waals surface area contributed by atoms with E-state index in [0.717, 1.165) is 51.2 Å². The van der Waals surface area contributed by atoms with Gasteiger partial charge in [-0.15, -0.1) is 0 Å². The number of hydrogen-bond acceptors (Lipinski definition) is 4. The van der Waals surface area contributed by atoms with Crippen molar-refractivity contribution in [3.05, 3.63) is 59.2 Å². The molecule has 2 aliphatic rings. The highest BCUT2D eigenvalue weighted by Crippen LogP contribution is 2.31. The summed E-state index contributed by atoms with van der Waals surface area (Å²) in [5, 5.41) is 3.24. The molecule has 0 radical (unpaired) electrons. The topological polar surface area (TPSA) is 44.8 Å². The number of carbonyl (C=O) groups excluding carboxylic acids is 1. The van der Waals surface area contributed by atoms with Crippen LogP contribution in [0.5, 0.6) is 5.75 Å². The van der Waals surface area contributed by atoms with Crippen LogP contribution in [0.25, 0.3) is 0 Å². The average Bonchev–Trinajstić information content (AvgIpc) is 2.74. The molecule has 1 unspecified atom stereocenters. The van der Waals surface area contributed by atoms with E-state index in [1.165, 1.54) is 16.8 Å². The second-order valence-corrected chi connectivity index (χ2v) is 7.85. The van der Waals surface area contributed by atoms with Crippen molar-refractivity contribution in [2.75, 3.05) is 45.2 Å². The summed E-state index contributed by atoms with van der Waals surface area (Å²) < 4.78 is 5.18. The summed E-state index contributed by atoms with van der Waals surface area (Å²) in [4.78, 5) is 17.6. The lowest BCUT2D eigenvalue weighted by atomic mass is 9.86. The smallest absolute Gasteiger partial charge is 0.251 e. The molecule has 0 spiro atoms. The van der Waals surface area contributed by atoms with E-state index >= 15 is 0 Å². The van der Waals surface area contributed by atoms with Crippen molar-refractivity contribution in [1.29, 1.82) is 0 Å². The van der Waals surface area contributed by atoms with E-state index in [4.69, 9.17) is 4.74 Å². The Labute approximate surface area is 167 Å². The Bertz CT molecular complexity index is 826. The molecule has 1 amide bonds. The van der Waals surface area contributed by atoms with Gasteiger partial charge in [-0.25, -0.2) is 0 Å². The van der Waals surface area contributed by atoms with Gasteiger partial charge in [0.15, 0.2) is 0 Å². The highest BCUT2D eigenvalue weighted by atomic mass is 16.5. The molecule has 0 aromatic heterocycles. The van der Waals surface area contributed by atoms with Gasteiger partial charge in [0.2, 0.25) is 0 Å². The van der Waals surface area contributed by atoms with E-state index in [1.807, 2.05) is 24.3 Å². The number of ether oxygens (including phenoxy) is 1. The zero-order valence-corrected chi connectivity index (χ0v) is 16.8. The number of aryl methyl sites for hydroxylation is 1. The molecule has 1 heterocycles. The van der Waals surface area contributed by atoms with Crippen molar-refractivity contribution in [3.8, 4) is 5.75 Å². The quantitative estimate of drug-likeness (QED) is 0.887. The third-order valence-corrected chi connectivity index (χ3v) is 5.99. The van der Waals surface area contributed by atoms with Crippen LogP contribution in [0.2, 0.25) is 0 Å². The molecule has 5 heteroatoms. The predicted octanol–water partition coefficient (Wildman–Crippen LogP) is 2.73. The van der Waals surface area contributed by atoms with Crippen LogP contribution in [0.4, 0.5) is 5.69 Å². The van der Waals surface area contributed by atoms with Crippen LogP contribution in [-0.4, -0.2) is 57.2 Å². The normalized spacial score (nSPS) is 19.8. The summed E-state index contributed by atoms with van der Waals surface area (Å²) in [7, 11) is 3.81. The Balaban J connectivity index is 1.47. The number of anilines is 1. The standard InChI is InChI=1S/C23H29N3O2/c1-25-12-14-26(15-13-25)22-5-3-4-17-6-9-19(16-21(17)22)24-23(27)18-7-10-20(28-2)11-8-18/h3-5,7-8,10-11,19H,6,9,12-16H2,1-2H3,(H,24,27). The van der Waals surface area contributed by atoms with E-state index in [9.17, 15) is 4.79 Å². The van der Waals surface area contributed by atoms with Gasteiger partial charge in [-0.3, -0.25) is 4.79 Å². The second-order valence-electron chi connectivity index (χ2n) is 7.85. The number of rotatable bonds is 4. The second kappa shape index (κ2) is 8.23. The van der Waals surface area contributed by atoms with Crippen molar-refractivity contribution < 1.29 is 9.53 Å². The number of piperazine rings is 1. The molecular formula is C23H29N3O2. The van der Waals surface area contributed by atoms with Crippen LogP contribution >= 0.6 is 0 Å². The lowest BCUT2D eigenvalue weighted by molar-refractivity contribution is 0.0933. The van der Waals surface area contributed by atoms with E-state index in [1.54, 1.807) is 7.11 Å². The fourth-order valence-corrected chi connectivity index (χ4v) is 4.25. The largest absolute Gasteiger partial charge is 0.497 e. The number of amides is 1.